The van der Waals surface area contributed by atoms with Crippen LogP contribution in [0.5, 0.6) is 0 Å². The lowest BCUT2D eigenvalue weighted by Gasteiger charge is -2.10. The minimum atomic E-state index is -0.0120. The maximum atomic E-state index is 12.3. The Bertz CT molecular complexity index is 1170. The largest absolute Gasteiger partial charge is 0.352 e. The molecule has 0 fully saturated rings. The Kier molecular flexibility index (Phi) is 7.22. The third-order valence-corrected chi connectivity index (χ3v) is 6.34. The number of aromatic nitrogens is 3. The summed E-state index contributed by atoms with van der Waals surface area (Å²) in [4.78, 5) is 21.4. The van der Waals surface area contributed by atoms with Crippen LogP contribution in [-0.2, 0) is 12.3 Å². The first kappa shape index (κ1) is 22.1. The summed E-state index contributed by atoms with van der Waals surface area (Å²) in [7, 11) is 0. The van der Waals surface area contributed by atoms with Gasteiger partial charge >= 0.3 is 0 Å². The molecule has 0 saturated heterocycles. The van der Waals surface area contributed by atoms with E-state index in [1.54, 1.807) is 18.0 Å². The van der Waals surface area contributed by atoms with Crippen molar-refractivity contribution in [2.75, 3.05) is 6.54 Å². The molecule has 32 heavy (non-hydrogen) atoms. The number of fused-ring (bicyclic) bond motifs is 1. The van der Waals surface area contributed by atoms with Crippen LogP contribution in [0.2, 0.25) is 0 Å². The minimum Gasteiger partial charge on any atom is -0.352 e. The molecule has 0 unspecified atom stereocenters. The van der Waals surface area contributed by atoms with Crippen LogP contribution in [0.1, 0.15) is 41.8 Å². The van der Waals surface area contributed by atoms with Gasteiger partial charge in [-0.15, -0.1) is 0 Å². The van der Waals surface area contributed by atoms with Crippen molar-refractivity contribution in [3.05, 3.63) is 89.7 Å². The van der Waals surface area contributed by atoms with Gasteiger partial charge in [-0.3, -0.25) is 9.78 Å². The average molecular weight is 445 g/mol. The van der Waals surface area contributed by atoms with Crippen molar-refractivity contribution >= 4 is 28.7 Å². The fourth-order valence-corrected chi connectivity index (χ4v) is 4.42. The lowest BCUT2D eigenvalue weighted by molar-refractivity contribution is 0.0952. The molecule has 2 heterocycles. The third kappa shape index (κ3) is 5.56. The molecular formula is C26H28N4OS. The van der Waals surface area contributed by atoms with Crippen LogP contribution in [-0.4, -0.2) is 27.0 Å². The van der Waals surface area contributed by atoms with E-state index in [4.69, 9.17) is 4.98 Å². The van der Waals surface area contributed by atoms with Gasteiger partial charge in [0.1, 0.15) is 0 Å². The highest BCUT2D eigenvalue weighted by Gasteiger charge is 2.13. The summed E-state index contributed by atoms with van der Waals surface area (Å²) in [5, 5.41) is 3.95. The summed E-state index contributed by atoms with van der Waals surface area (Å²) in [5.74, 6) is 1.35. The molecule has 4 aromatic rings. The van der Waals surface area contributed by atoms with E-state index in [9.17, 15) is 4.79 Å². The molecule has 0 radical (unpaired) electrons. The molecule has 0 spiro atoms. The van der Waals surface area contributed by atoms with Crippen LogP contribution in [0, 0.1) is 5.92 Å². The van der Waals surface area contributed by atoms with Gasteiger partial charge in [0.05, 0.1) is 23.8 Å². The van der Waals surface area contributed by atoms with Gasteiger partial charge in [-0.05, 0) is 41.7 Å². The second-order valence-electron chi connectivity index (χ2n) is 8.25. The second kappa shape index (κ2) is 10.5. The number of benzene rings is 2. The second-order valence-corrected chi connectivity index (χ2v) is 9.20. The number of carbonyl (C=O) groups excluding carboxylic acids is 1. The number of rotatable bonds is 9. The van der Waals surface area contributed by atoms with Gasteiger partial charge in [0.2, 0.25) is 0 Å². The lowest BCUT2D eigenvalue weighted by Crippen LogP contribution is -2.25. The molecule has 6 heteroatoms. The Hall–Kier alpha value is -3.12. The molecule has 0 bridgehead atoms. The number of thioether (sulfide) groups is 1. The van der Waals surface area contributed by atoms with Crippen LogP contribution < -0.4 is 5.32 Å². The first-order valence-electron chi connectivity index (χ1n) is 10.9. The number of nitrogens with one attached hydrogen (secondary N) is 1. The topological polar surface area (TPSA) is 59.8 Å². The third-order valence-electron chi connectivity index (χ3n) is 5.29. The smallest absolute Gasteiger partial charge is 0.251 e. The van der Waals surface area contributed by atoms with E-state index < -0.39 is 0 Å². The van der Waals surface area contributed by atoms with Crippen molar-refractivity contribution in [2.24, 2.45) is 5.92 Å². The summed E-state index contributed by atoms with van der Waals surface area (Å²) >= 11 is 1.70. The lowest BCUT2D eigenvalue weighted by atomic mass is 10.1. The number of hydrogen-bond donors (Lipinski definition) is 1. The van der Waals surface area contributed by atoms with Crippen LogP contribution in [0.3, 0.4) is 0 Å². The number of imidazole rings is 1. The normalized spacial score (nSPS) is 11.2. The number of amides is 1. The molecule has 0 saturated carbocycles. The predicted octanol–water partition coefficient (Wildman–Crippen LogP) is 5.55. The van der Waals surface area contributed by atoms with Gasteiger partial charge in [-0.2, -0.15) is 0 Å². The zero-order chi connectivity index (χ0) is 22.3. The SMILES string of the molecule is CC(C)CCNC(=O)c1ccc(CSc2nc3ccncc3n2Cc2ccccc2)cc1. The molecule has 2 aromatic carbocycles. The van der Waals surface area contributed by atoms with E-state index in [1.807, 2.05) is 42.6 Å². The molecule has 0 aliphatic heterocycles. The van der Waals surface area contributed by atoms with Gasteiger partial charge in [0, 0.05) is 24.1 Å². The summed E-state index contributed by atoms with van der Waals surface area (Å²) in [6, 6.07) is 20.2. The number of carbonyl (C=O) groups is 1. The van der Waals surface area contributed by atoms with E-state index >= 15 is 0 Å². The summed E-state index contributed by atoms with van der Waals surface area (Å²) < 4.78 is 2.22. The molecule has 1 amide bonds. The summed E-state index contributed by atoms with van der Waals surface area (Å²) in [6.45, 7) is 5.77. The van der Waals surface area contributed by atoms with Crippen LogP contribution in [0.25, 0.3) is 11.0 Å². The monoisotopic (exact) mass is 444 g/mol. The highest BCUT2D eigenvalue weighted by atomic mass is 32.2. The Balaban J connectivity index is 1.45. The standard InChI is InChI=1S/C26H28N4OS/c1-19(2)12-15-28-25(31)22-10-8-21(9-11-22)18-32-26-29-23-13-14-27-16-24(23)30(26)17-20-6-4-3-5-7-20/h3-11,13-14,16,19H,12,15,17-18H2,1-2H3,(H,28,31). The Morgan fingerprint density at radius 2 is 1.81 bits per heavy atom. The van der Waals surface area contributed by atoms with Gasteiger partial charge < -0.3 is 9.88 Å². The first-order valence-corrected chi connectivity index (χ1v) is 11.9. The molecule has 1 N–H and O–H groups in total. The van der Waals surface area contributed by atoms with Crippen molar-refractivity contribution in [3.8, 4) is 0 Å². The molecule has 0 aliphatic carbocycles. The van der Waals surface area contributed by atoms with E-state index in [1.165, 1.54) is 5.56 Å². The Morgan fingerprint density at radius 1 is 1.03 bits per heavy atom. The first-order chi connectivity index (χ1) is 15.6. The maximum absolute atomic E-state index is 12.3. The van der Waals surface area contributed by atoms with Crippen molar-refractivity contribution in [1.82, 2.24) is 19.9 Å². The maximum Gasteiger partial charge on any atom is 0.251 e. The van der Waals surface area contributed by atoms with Crippen molar-refractivity contribution in [2.45, 2.75) is 37.7 Å². The van der Waals surface area contributed by atoms with Gasteiger partial charge in [0.15, 0.2) is 5.16 Å². The van der Waals surface area contributed by atoms with Crippen molar-refractivity contribution < 1.29 is 4.79 Å². The fraction of sp³-hybridized carbons (Fsp3) is 0.269. The minimum absolute atomic E-state index is 0.0120. The fourth-order valence-electron chi connectivity index (χ4n) is 3.45. The van der Waals surface area contributed by atoms with Crippen LogP contribution in [0.15, 0.2) is 78.2 Å². The highest BCUT2D eigenvalue weighted by Crippen LogP contribution is 2.27. The highest BCUT2D eigenvalue weighted by molar-refractivity contribution is 7.98. The van der Waals surface area contributed by atoms with E-state index in [0.29, 0.717) is 18.0 Å². The van der Waals surface area contributed by atoms with E-state index in [0.717, 1.165) is 40.5 Å². The predicted molar refractivity (Wildman–Crippen MR) is 131 cm³/mol. The molecular weight excluding hydrogens is 416 g/mol. The molecule has 2 aromatic heterocycles. The molecule has 4 rings (SSSR count). The van der Waals surface area contributed by atoms with E-state index in [2.05, 4.69) is 53.0 Å². The van der Waals surface area contributed by atoms with Gasteiger partial charge in [-0.25, -0.2) is 4.98 Å². The van der Waals surface area contributed by atoms with Crippen LogP contribution in [0.4, 0.5) is 0 Å². The summed E-state index contributed by atoms with van der Waals surface area (Å²) in [5.41, 5.74) is 5.07. The number of pyridine rings is 1. The van der Waals surface area contributed by atoms with Crippen molar-refractivity contribution in [1.29, 1.82) is 0 Å². The Labute approximate surface area is 193 Å². The average Bonchev–Trinajstić information content (AvgIpc) is 3.16. The number of hydrogen-bond acceptors (Lipinski definition) is 4. The van der Waals surface area contributed by atoms with E-state index in [-0.39, 0.29) is 5.91 Å². The quantitative estimate of drug-likeness (QED) is 0.344. The molecule has 0 aliphatic rings. The molecule has 0 atom stereocenters. The zero-order valence-electron chi connectivity index (χ0n) is 18.5. The van der Waals surface area contributed by atoms with Crippen molar-refractivity contribution in [3.63, 3.8) is 0 Å². The molecule has 5 nitrogen and oxygen atoms in total. The van der Waals surface area contributed by atoms with Gasteiger partial charge in [-0.1, -0.05) is 68.1 Å². The Morgan fingerprint density at radius 3 is 2.56 bits per heavy atom. The van der Waals surface area contributed by atoms with Crippen LogP contribution >= 0.6 is 11.8 Å². The summed E-state index contributed by atoms with van der Waals surface area (Å²) in [6.07, 6.45) is 4.64. The zero-order valence-corrected chi connectivity index (χ0v) is 19.3. The van der Waals surface area contributed by atoms with Gasteiger partial charge in [0.25, 0.3) is 5.91 Å². The molecule has 164 valence electrons. The number of nitrogens with zero attached hydrogens (tertiary/aromatic N) is 3.